The average molecular weight is 247 g/mol. The van der Waals surface area contributed by atoms with Gasteiger partial charge >= 0.3 is 0 Å². The topological polar surface area (TPSA) is 21.3 Å². The predicted molar refractivity (Wildman–Crippen MR) is 76.1 cm³/mol. The molecule has 1 fully saturated rings. The highest BCUT2D eigenvalue weighted by Crippen LogP contribution is 2.36. The van der Waals surface area contributed by atoms with Crippen LogP contribution in [-0.2, 0) is 0 Å². The van der Waals surface area contributed by atoms with Crippen molar-refractivity contribution >= 4 is 0 Å². The minimum Gasteiger partial charge on any atom is -0.496 e. The molecule has 0 radical (unpaired) electrons. The summed E-state index contributed by atoms with van der Waals surface area (Å²) in [4.78, 5) is 0. The fourth-order valence-corrected chi connectivity index (χ4v) is 3.16. The summed E-state index contributed by atoms with van der Waals surface area (Å²) in [6.07, 6.45) is 5.51. The Morgan fingerprint density at radius 3 is 2.61 bits per heavy atom. The summed E-state index contributed by atoms with van der Waals surface area (Å²) in [5.41, 5.74) is 2.65. The van der Waals surface area contributed by atoms with Gasteiger partial charge in [0, 0.05) is 6.04 Å². The monoisotopic (exact) mass is 247 g/mol. The highest BCUT2D eigenvalue weighted by Gasteiger charge is 2.25. The highest BCUT2D eigenvalue weighted by molar-refractivity contribution is 5.37. The lowest BCUT2D eigenvalue weighted by atomic mass is 9.90. The van der Waals surface area contributed by atoms with Gasteiger partial charge in [-0.2, -0.15) is 0 Å². The van der Waals surface area contributed by atoms with Crippen LogP contribution in [0.15, 0.2) is 18.2 Å². The first-order valence-corrected chi connectivity index (χ1v) is 7.14. The Labute approximate surface area is 111 Å². The Morgan fingerprint density at radius 1 is 1.33 bits per heavy atom. The highest BCUT2D eigenvalue weighted by atomic mass is 16.5. The Morgan fingerprint density at radius 2 is 2.06 bits per heavy atom. The first-order valence-electron chi connectivity index (χ1n) is 7.14. The fraction of sp³-hybridized carbons (Fsp3) is 0.625. The maximum absolute atomic E-state index is 5.34. The van der Waals surface area contributed by atoms with Gasteiger partial charge in [0.2, 0.25) is 0 Å². The zero-order valence-electron chi connectivity index (χ0n) is 11.8. The molecule has 1 aliphatic rings. The van der Waals surface area contributed by atoms with E-state index >= 15 is 0 Å². The summed E-state index contributed by atoms with van der Waals surface area (Å²) < 4.78 is 5.34. The number of aryl methyl sites for hydroxylation is 1. The van der Waals surface area contributed by atoms with Crippen LogP contribution in [-0.4, -0.2) is 13.7 Å². The van der Waals surface area contributed by atoms with E-state index in [1.807, 2.05) is 0 Å². The summed E-state index contributed by atoms with van der Waals surface area (Å²) in [6, 6.07) is 7.12. The van der Waals surface area contributed by atoms with Crippen molar-refractivity contribution in [3.8, 4) is 5.75 Å². The van der Waals surface area contributed by atoms with E-state index in [-0.39, 0.29) is 0 Å². The average Bonchev–Trinajstić information content (AvgIpc) is 2.89. The molecule has 0 amide bonds. The van der Waals surface area contributed by atoms with Gasteiger partial charge in [0.05, 0.1) is 7.11 Å². The van der Waals surface area contributed by atoms with Crippen LogP contribution >= 0.6 is 0 Å². The quantitative estimate of drug-likeness (QED) is 0.853. The summed E-state index contributed by atoms with van der Waals surface area (Å²) in [7, 11) is 1.74. The van der Waals surface area contributed by atoms with Gasteiger partial charge in [-0.3, -0.25) is 0 Å². The molecule has 0 aromatic heterocycles. The van der Waals surface area contributed by atoms with Crippen LogP contribution in [0.2, 0.25) is 0 Å². The molecule has 0 heterocycles. The van der Waals surface area contributed by atoms with Gasteiger partial charge in [-0.15, -0.1) is 0 Å². The van der Waals surface area contributed by atoms with Crippen LogP contribution in [0.4, 0.5) is 0 Å². The van der Waals surface area contributed by atoms with Crippen LogP contribution in [0.3, 0.4) is 0 Å². The van der Waals surface area contributed by atoms with Gasteiger partial charge in [-0.05, 0) is 49.4 Å². The van der Waals surface area contributed by atoms with Crippen LogP contribution in [0.25, 0.3) is 0 Å². The lowest BCUT2D eigenvalue weighted by Gasteiger charge is -2.25. The van der Waals surface area contributed by atoms with Crippen molar-refractivity contribution in [1.29, 1.82) is 0 Å². The summed E-state index contributed by atoms with van der Waals surface area (Å²) >= 11 is 0. The Hall–Kier alpha value is -1.02. The third kappa shape index (κ3) is 2.86. The minimum absolute atomic E-state index is 0.516. The van der Waals surface area contributed by atoms with Crippen molar-refractivity contribution in [1.82, 2.24) is 5.32 Å². The first-order chi connectivity index (χ1) is 8.76. The van der Waals surface area contributed by atoms with Crippen LogP contribution in [0, 0.1) is 12.8 Å². The van der Waals surface area contributed by atoms with Gasteiger partial charge in [0.1, 0.15) is 5.75 Å². The van der Waals surface area contributed by atoms with Crippen molar-refractivity contribution in [3.05, 3.63) is 29.3 Å². The molecule has 2 heteroatoms. The van der Waals surface area contributed by atoms with Crippen LogP contribution in [0.5, 0.6) is 5.75 Å². The van der Waals surface area contributed by atoms with Crippen LogP contribution < -0.4 is 10.1 Å². The molecule has 1 saturated carbocycles. The number of hydrogen-bond acceptors (Lipinski definition) is 2. The molecule has 2 nitrogen and oxygen atoms in total. The summed E-state index contributed by atoms with van der Waals surface area (Å²) in [5.74, 6) is 1.79. The van der Waals surface area contributed by atoms with E-state index in [2.05, 4.69) is 37.4 Å². The zero-order valence-corrected chi connectivity index (χ0v) is 11.8. The first kappa shape index (κ1) is 13.4. The van der Waals surface area contributed by atoms with Gasteiger partial charge in [0.15, 0.2) is 0 Å². The molecule has 0 aliphatic heterocycles. The van der Waals surface area contributed by atoms with Crippen molar-refractivity contribution in [2.24, 2.45) is 5.92 Å². The van der Waals surface area contributed by atoms with Crippen molar-refractivity contribution < 1.29 is 4.74 Å². The predicted octanol–water partition coefficient (Wildman–Crippen LogP) is 3.84. The third-order valence-corrected chi connectivity index (χ3v) is 4.07. The lowest BCUT2D eigenvalue weighted by Crippen LogP contribution is -2.27. The lowest BCUT2D eigenvalue weighted by molar-refractivity contribution is 0.373. The normalized spacial score (nSPS) is 17.9. The molecule has 0 spiro atoms. The number of benzene rings is 1. The van der Waals surface area contributed by atoms with Gasteiger partial charge in [-0.1, -0.05) is 31.9 Å². The molecule has 18 heavy (non-hydrogen) atoms. The molecule has 0 bridgehead atoms. The van der Waals surface area contributed by atoms with Gasteiger partial charge < -0.3 is 10.1 Å². The molecule has 1 N–H and O–H groups in total. The van der Waals surface area contributed by atoms with Crippen molar-refractivity contribution in [2.45, 2.75) is 45.6 Å². The molecule has 0 saturated heterocycles. The molecule has 100 valence electrons. The van der Waals surface area contributed by atoms with Crippen molar-refractivity contribution in [3.63, 3.8) is 0 Å². The van der Waals surface area contributed by atoms with E-state index in [0.717, 1.165) is 18.2 Å². The van der Waals surface area contributed by atoms with E-state index in [9.17, 15) is 0 Å². The van der Waals surface area contributed by atoms with E-state index in [4.69, 9.17) is 4.74 Å². The zero-order chi connectivity index (χ0) is 13.0. The SMILES string of the molecule is CCNC(c1ccc(OC)c(C)c1)C1CCCC1. The number of hydrogen-bond donors (Lipinski definition) is 1. The van der Waals surface area contributed by atoms with Crippen LogP contribution in [0.1, 0.15) is 49.8 Å². The molecule has 1 aromatic carbocycles. The summed E-state index contributed by atoms with van der Waals surface area (Å²) in [6.45, 7) is 5.35. The third-order valence-electron chi connectivity index (χ3n) is 4.07. The van der Waals surface area contributed by atoms with E-state index in [1.165, 1.54) is 36.8 Å². The molecule has 1 aliphatic carbocycles. The minimum atomic E-state index is 0.516. The smallest absolute Gasteiger partial charge is 0.121 e. The fourth-order valence-electron chi connectivity index (χ4n) is 3.16. The number of methoxy groups -OCH3 is 1. The second kappa shape index (κ2) is 6.24. The second-order valence-electron chi connectivity index (χ2n) is 5.31. The molecule has 1 unspecified atom stereocenters. The number of nitrogens with one attached hydrogen (secondary N) is 1. The maximum atomic E-state index is 5.34. The molecular weight excluding hydrogens is 222 g/mol. The molecule has 1 aromatic rings. The van der Waals surface area contributed by atoms with E-state index in [1.54, 1.807) is 7.11 Å². The van der Waals surface area contributed by atoms with Gasteiger partial charge in [-0.25, -0.2) is 0 Å². The maximum Gasteiger partial charge on any atom is 0.121 e. The summed E-state index contributed by atoms with van der Waals surface area (Å²) in [5, 5.41) is 3.66. The molecule has 2 rings (SSSR count). The number of ether oxygens (including phenoxy) is 1. The standard InChI is InChI=1S/C16H25NO/c1-4-17-16(13-7-5-6-8-13)14-9-10-15(18-3)12(2)11-14/h9-11,13,16-17H,4-8H2,1-3H3. The second-order valence-corrected chi connectivity index (χ2v) is 5.31. The Balaban J connectivity index is 2.21. The molecule has 1 atom stereocenters. The number of rotatable bonds is 5. The van der Waals surface area contributed by atoms with E-state index < -0.39 is 0 Å². The largest absolute Gasteiger partial charge is 0.496 e. The Kier molecular flexibility index (Phi) is 4.65. The van der Waals surface area contributed by atoms with Crippen molar-refractivity contribution in [2.75, 3.05) is 13.7 Å². The van der Waals surface area contributed by atoms with E-state index in [0.29, 0.717) is 6.04 Å². The van der Waals surface area contributed by atoms with Gasteiger partial charge in [0.25, 0.3) is 0 Å². The Bertz CT molecular complexity index is 383. The molecular formula is C16H25NO.